The summed E-state index contributed by atoms with van der Waals surface area (Å²) < 4.78 is 170. The van der Waals surface area contributed by atoms with Gasteiger partial charge < -0.3 is 4.74 Å². The summed E-state index contributed by atoms with van der Waals surface area (Å²) >= 11 is 0. The summed E-state index contributed by atoms with van der Waals surface area (Å²) in [5.74, 6) is -32.8. The molecular formula is C13H11F13O2. The number of ether oxygens (including phenoxy) is 1. The molecule has 0 saturated heterocycles. The lowest BCUT2D eigenvalue weighted by Crippen LogP contribution is -2.62. The van der Waals surface area contributed by atoms with E-state index in [9.17, 15) is 61.9 Å². The third-order valence-corrected chi connectivity index (χ3v) is 3.09. The highest BCUT2D eigenvalue weighted by Crippen LogP contribution is 2.56. The van der Waals surface area contributed by atoms with Crippen molar-refractivity contribution in [2.45, 2.75) is 55.1 Å². The first-order chi connectivity index (χ1) is 12.1. The maximum Gasteiger partial charge on any atom is 0.460 e. The Morgan fingerprint density at radius 1 is 0.750 bits per heavy atom. The van der Waals surface area contributed by atoms with Crippen molar-refractivity contribution in [2.75, 3.05) is 6.61 Å². The van der Waals surface area contributed by atoms with Crippen molar-refractivity contribution in [2.24, 2.45) is 0 Å². The van der Waals surface area contributed by atoms with Gasteiger partial charge in [-0.2, -0.15) is 39.5 Å². The summed E-state index contributed by atoms with van der Waals surface area (Å²) in [6, 6.07) is 0. The molecule has 0 unspecified atom stereocenters. The molecule has 0 bridgehead atoms. The monoisotopic (exact) mass is 446 g/mol. The Morgan fingerprint density at radius 3 is 1.61 bits per heavy atom. The minimum atomic E-state index is -7.42. The smallest absolute Gasteiger partial charge is 0.460 e. The van der Waals surface area contributed by atoms with E-state index < -0.39 is 67.6 Å². The predicted molar refractivity (Wildman–Crippen MR) is 65.8 cm³/mol. The topological polar surface area (TPSA) is 26.3 Å². The average molecular weight is 446 g/mol. The predicted octanol–water partition coefficient (Wildman–Crippen LogP) is 5.62. The van der Waals surface area contributed by atoms with Crippen molar-refractivity contribution >= 4 is 5.97 Å². The van der Waals surface area contributed by atoms with Crippen LogP contribution in [0.5, 0.6) is 0 Å². The summed E-state index contributed by atoms with van der Waals surface area (Å²) in [7, 11) is 0. The van der Waals surface area contributed by atoms with E-state index in [2.05, 4.69) is 11.3 Å². The molecule has 0 radical (unpaired) electrons. The van der Waals surface area contributed by atoms with Gasteiger partial charge in [0.05, 0.1) is 19.4 Å². The van der Waals surface area contributed by atoms with Crippen molar-refractivity contribution in [1.82, 2.24) is 0 Å². The number of esters is 1. The lowest BCUT2D eigenvalue weighted by atomic mass is 9.94. The third kappa shape index (κ3) is 6.15. The first-order valence-electron chi connectivity index (χ1n) is 6.87. The molecule has 0 rings (SSSR count). The molecule has 0 saturated carbocycles. The van der Waals surface area contributed by atoms with Crippen LogP contribution in [0.2, 0.25) is 0 Å². The maximum absolute atomic E-state index is 13.3. The number of halogens is 13. The fourth-order valence-electron chi connectivity index (χ4n) is 1.73. The zero-order valence-corrected chi connectivity index (χ0v) is 13.3. The van der Waals surface area contributed by atoms with Gasteiger partial charge in [-0.1, -0.05) is 6.58 Å². The summed E-state index contributed by atoms with van der Waals surface area (Å²) in [5.41, 5.74) is 0. The lowest BCUT2D eigenvalue weighted by Gasteiger charge is -2.35. The van der Waals surface area contributed by atoms with Crippen LogP contribution in [0.25, 0.3) is 0 Å². The van der Waals surface area contributed by atoms with E-state index in [0.29, 0.717) is 6.08 Å². The van der Waals surface area contributed by atoms with Crippen LogP contribution in [-0.2, 0) is 9.53 Å². The van der Waals surface area contributed by atoms with Gasteiger partial charge in [-0.3, -0.25) is 0 Å². The van der Waals surface area contributed by atoms with E-state index in [0.717, 1.165) is 0 Å². The van der Waals surface area contributed by atoms with Crippen LogP contribution in [0.15, 0.2) is 12.7 Å². The summed E-state index contributed by atoms with van der Waals surface area (Å²) in [4.78, 5) is 10.6. The highest BCUT2D eigenvalue weighted by atomic mass is 19.4. The number of hydrogen-bond donors (Lipinski definition) is 0. The summed E-state index contributed by atoms with van der Waals surface area (Å²) in [6.45, 7) is 1.63. The van der Waals surface area contributed by atoms with Gasteiger partial charge in [0.1, 0.15) is 0 Å². The van der Waals surface area contributed by atoms with E-state index in [-0.39, 0.29) is 0 Å². The fraction of sp³-hybridized carbons (Fsp3) is 0.769. The molecule has 0 aliphatic rings. The second-order valence-electron chi connectivity index (χ2n) is 5.54. The van der Waals surface area contributed by atoms with E-state index in [1.807, 2.05) is 0 Å². The highest BCUT2D eigenvalue weighted by molar-refractivity contribution is 5.81. The highest BCUT2D eigenvalue weighted by Gasteiger charge is 2.82. The normalized spacial score (nSPS) is 14.8. The van der Waals surface area contributed by atoms with Crippen LogP contribution in [0.3, 0.4) is 0 Å². The molecule has 0 N–H and O–H groups in total. The molecule has 28 heavy (non-hydrogen) atoms. The van der Waals surface area contributed by atoms with Crippen molar-refractivity contribution in [1.29, 1.82) is 0 Å². The van der Waals surface area contributed by atoms with E-state index in [1.54, 1.807) is 0 Å². The first-order valence-corrected chi connectivity index (χ1v) is 6.87. The summed E-state index contributed by atoms with van der Waals surface area (Å²) in [6.07, 6.45) is -15.1. The standard InChI is InChI=1S/C13H11F13O2/c1-2-7(27)28-4-3-8(14,15)5-9(16,17)6-10(18,19)11(20,21)12(22,23)13(24,25)26/h2H,1,3-6H2. The SMILES string of the molecule is C=CC(=O)OCCC(F)(F)CC(F)(F)CC(F)(F)C(F)(F)C(F)(F)C(F)(F)F. The maximum atomic E-state index is 13.3. The van der Waals surface area contributed by atoms with Crippen LogP contribution in [0.4, 0.5) is 57.1 Å². The number of carbonyl (C=O) groups is 1. The molecule has 2 nitrogen and oxygen atoms in total. The minimum Gasteiger partial charge on any atom is -0.462 e. The molecule has 0 amide bonds. The number of carbonyl (C=O) groups excluding carboxylic acids is 1. The van der Waals surface area contributed by atoms with Gasteiger partial charge in [-0.15, -0.1) is 0 Å². The van der Waals surface area contributed by atoms with Gasteiger partial charge in [0.2, 0.25) is 0 Å². The Labute approximate surface area is 148 Å². The third-order valence-electron chi connectivity index (χ3n) is 3.09. The van der Waals surface area contributed by atoms with Gasteiger partial charge in [0.25, 0.3) is 11.8 Å². The molecule has 0 spiro atoms. The second kappa shape index (κ2) is 7.97. The Balaban J connectivity index is 5.34. The molecule has 166 valence electrons. The largest absolute Gasteiger partial charge is 0.462 e. The van der Waals surface area contributed by atoms with Crippen molar-refractivity contribution in [3.63, 3.8) is 0 Å². The number of hydrogen-bond acceptors (Lipinski definition) is 2. The van der Waals surface area contributed by atoms with E-state index >= 15 is 0 Å². The average Bonchev–Trinajstić information content (AvgIpc) is 2.42. The molecule has 0 aromatic heterocycles. The van der Waals surface area contributed by atoms with Gasteiger partial charge in [0.15, 0.2) is 0 Å². The van der Waals surface area contributed by atoms with Crippen molar-refractivity contribution < 1.29 is 66.6 Å². The van der Waals surface area contributed by atoms with Crippen molar-refractivity contribution in [3.8, 4) is 0 Å². The van der Waals surface area contributed by atoms with Gasteiger partial charge in [0, 0.05) is 12.5 Å². The Kier molecular flexibility index (Phi) is 7.48. The number of rotatable bonds is 10. The fourth-order valence-corrected chi connectivity index (χ4v) is 1.73. The minimum absolute atomic E-state index is 0.496. The molecule has 0 aliphatic heterocycles. The van der Waals surface area contributed by atoms with Crippen LogP contribution >= 0.6 is 0 Å². The second-order valence-corrected chi connectivity index (χ2v) is 5.54. The molecule has 0 aliphatic carbocycles. The van der Waals surface area contributed by atoms with Crippen LogP contribution < -0.4 is 0 Å². The Morgan fingerprint density at radius 2 is 1.21 bits per heavy atom. The Bertz CT molecular complexity index is 565. The van der Waals surface area contributed by atoms with Gasteiger partial charge >= 0.3 is 29.9 Å². The molecular weight excluding hydrogens is 435 g/mol. The first kappa shape index (κ1) is 26.3. The molecule has 0 fully saturated rings. The number of alkyl halides is 13. The van der Waals surface area contributed by atoms with Gasteiger partial charge in [-0.25, -0.2) is 22.4 Å². The molecule has 0 atom stereocenters. The zero-order valence-electron chi connectivity index (χ0n) is 13.3. The zero-order chi connectivity index (χ0) is 22.8. The van der Waals surface area contributed by atoms with E-state index in [4.69, 9.17) is 0 Å². The molecule has 0 heterocycles. The quantitative estimate of drug-likeness (QED) is 0.247. The lowest BCUT2D eigenvalue weighted by molar-refractivity contribution is -0.401. The van der Waals surface area contributed by atoms with E-state index in [1.165, 1.54) is 0 Å². The molecule has 15 heteroatoms. The van der Waals surface area contributed by atoms with Crippen molar-refractivity contribution in [3.05, 3.63) is 12.7 Å². The van der Waals surface area contributed by atoms with Crippen LogP contribution in [0, 0.1) is 0 Å². The van der Waals surface area contributed by atoms with Gasteiger partial charge in [-0.05, 0) is 0 Å². The van der Waals surface area contributed by atoms with Crippen LogP contribution in [-0.4, -0.2) is 48.4 Å². The molecule has 0 aromatic rings. The molecule has 0 aromatic carbocycles. The van der Waals surface area contributed by atoms with Crippen LogP contribution in [0.1, 0.15) is 19.3 Å². The summed E-state index contributed by atoms with van der Waals surface area (Å²) in [5, 5.41) is 0. The Hall–Kier alpha value is -1.70.